The lowest BCUT2D eigenvalue weighted by Crippen LogP contribution is -2.00. The van der Waals surface area contributed by atoms with Crippen LogP contribution in [0.25, 0.3) is 0 Å². The predicted molar refractivity (Wildman–Crippen MR) is 81.2 cm³/mol. The maximum absolute atomic E-state index is 12.3. The van der Waals surface area contributed by atoms with E-state index in [-0.39, 0.29) is 22.5 Å². The van der Waals surface area contributed by atoms with Gasteiger partial charge in [0.2, 0.25) is 0 Å². The normalized spacial score (nSPS) is 11.8. The second-order valence-corrected chi connectivity index (χ2v) is 6.35. The first-order valence-corrected chi connectivity index (χ1v) is 8.74. The molecule has 2 rings (SSSR count). The fraction of sp³-hybridized carbons (Fsp3) is 0. The van der Waals surface area contributed by atoms with Gasteiger partial charge in [-0.1, -0.05) is 15.5 Å². The van der Waals surface area contributed by atoms with Crippen molar-refractivity contribution in [2.45, 2.75) is 0 Å². The van der Waals surface area contributed by atoms with Gasteiger partial charge in [0, 0.05) is 11.1 Å². The summed E-state index contributed by atoms with van der Waals surface area (Å²) in [4.78, 5) is 12.2. The van der Waals surface area contributed by atoms with Crippen molar-refractivity contribution >= 4 is 38.2 Å². The van der Waals surface area contributed by atoms with Crippen LogP contribution in [0.2, 0.25) is 0 Å². The highest BCUT2D eigenvalue weighted by Gasteiger charge is 2.10. The van der Waals surface area contributed by atoms with Gasteiger partial charge in [-0.25, -0.2) is 0 Å². The molecule has 0 amide bonds. The van der Waals surface area contributed by atoms with E-state index in [4.69, 9.17) is 0 Å². The Morgan fingerprint density at radius 1 is 0.667 bits per heavy atom. The molecular weight excluding hydrogens is 372 g/mol. The van der Waals surface area contributed by atoms with E-state index in [0.29, 0.717) is 0 Å². The molecular formula is C13H8F4N2O3S2. The van der Waals surface area contributed by atoms with E-state index in [9.17, 15) is 28.8 Å². The molecule has 0 radical (unpaired) electrons. The molecule has 5 nitrogen and oxygen atoms in total. The van der Waals surface area contributed by atoms with Crippen molar-refractivity contribution in [2.75, 3.05) is 0 Å². The summed E-state index contributed by atoms with van der Waals surface area (Å²) in [6.07, 6.45) is 0. The zero-order valence-electron chi connectivity index (χ0n) is 11.6. The number of ketones is 1. The van der Waals surface area contributed by atoms with E-state index in [2.05, 4.69) is 8.73 Å². The highest BCUT2D eigenvalue weighted by molar-refractivity contribution is 7.83. The Labute approximate surface area is 135 Å². The molecule has 0 heterocycles. The molecule has 0 N–H and O–H groups in total. The Kier molecular flexibility index (Phi) is 5.04. The van der Waals surface area contributed by atoms with Crippen molar-refractivity contribution in [2.24, 2.45) is 8.73 Å². The first-order chi connectivity index (χ1) is 11.0. The topological polar surface area (TPSA) is 75.9 Å². The lowest BCUT2D eigenvalue weighted by Gasteiger charge is -2.02. The van der Waals surface area contributed by atoms with Crippen LogP contribution in [-0.4, -0.2) is 14.2 Å². The van der Waals surface area contributed by atoms with Crippen molar-refractivity contribution in [1.82, 2.24) is 0 Å². The van der Waals surface area contributed by atoms with Crippen LogP contribution in [0.5, 0.6) is 0 Å². The molecule has 0 bridgehead atoms. The number of benzene rings is 2. The quantitative estimate of drug-likeness (QED) is 0.440. The Balaban J connectivity index is 2.26. The molecule has 0 aliphatic rings. The Morgan fingerprint density at radius 3 is 1.21 bits per heavy atom. The smallest absolute Gasteiger partial charge is 0.289 e. The number of halogens is 4. The predicted octanol–water partition coefficient (Wildman–Crippen LogP) is 4.65. The van der Waals surface area contributed by atoms with Gasteiger partial charge in [0.05, 0.1) is 11.4 Å². The molecule has 2 aromatic rings. The second kappa shape index (κ2) is 6.69. The van der Waals surface area contributed by atoms with Crippen molar-refractivity contribution < 1.29 is 28.8 Å². The summed E-state index contributed by atoms with van der Waals surface area (Å²) in [6.45, 7) is 0. The minimum absolute atomic E-state index is 0.127. The standard InChI is InChI=1S/C13H8F4N2O3S2/c14-23(15,21)18-11-5-1-9(2-6-11)13(20)10-3-7-12(8-4-10)19-24(16,17)22/h1-8H. The molecule has 0 saturated heterocycles. The van der Waals surface area contributed by atoms with Crippen LogP contribution in [-0.2, 0) is 21.0 Å². The van der Waals surface area contributed by atoms with E-state index < -0.39 is 26.8 Å². The van der Waals surface area contributed by atoms with Gasteiger partial charge in [0.25, 0.3) is 0 Å². The van der Waals surface area contributed by atoms with Crippen LogP contribution < -0.4 is 0 Å². The summed E-state index contributed by atoms with van der Waals surface area (Å²) in [7, 11) is -10.6. The first-order valence-electron chi connectivity index (χ1n) is 6.11. The van der Waals surface area contributed by atoms with E-state index >= 15 is 0 Å². The maximum Gasteiger partial charge on any atom is 0.371 e. The monoisotopic (exact) mass is 380 g/mol. The molecule has 0 aliphatic heterocycles. The SMILES string of the molecule is O=C(c1ccc(N=S(=O)(F)F)cc1)c1ccc(N=S(=O)(F)F)cc1. The van der Waals surface area contributed by atoms with Gasteiger partial charge in [-0.15, -0.1) is 8.73 Å². The molecule has 0 unspecified atom stereocenters. The summed E-state index contributed by atoms with van der Waals surface area (Å²) in [6, 6.07) is 9.21. The minimum atomic E-state index is -5.29. The lowest BCUT2D eigenvalue weighted by molar-refractivity contribution is 0.103. The van der Waals surface area contributed by atoms with Gasteiger partial charge in [-0.05, 0) is 48.5 Å². The largest absolute Gasteiger partial charge is 0.371 e. The number of rotatable bonds is 4. The fourth-order valence-electron chi connectivity index (χ4n) is 1.76. The van der Waals surface area contributed by atoms with Crippen LogP contribution in [0, 0.1) is 0 Å². The van der Waals surface area contributed by atoms with E-state index in [0.717, 1.165) is 24.3 Å². The average molecular weight is 380 g/mol. The molecule has 0 fully saturated rings. The molecule has 0 spiro atoms. The van der Waals surface area contributed by atoms with Crippen LogP contribution >= 0.6 is 0 Å². The summed E-state index contributed by atoms with van der Waals surface area (Å²) in [5, 5.41) is 0. The summed E-state index contributed by atoms with van der Waals surface area (Å²) < 4.78 is 75.1. The van der Waals surface area contributed by atoms with Gasteiger partial charge < -0.3 is 0 Å². The molecule has 0 aliphatic carbocycles. The Bertz CT molecular complexity index is 907. The number of hydrogen-bond donors (Lipinski definition) is 0. The van der Waals surface area contributed by atoms with Crippen LogP contribution in [0.1, 0.15) is 15.9 Å². The van der Waals surface area contributed by atoms with Crippen molar-refractivity contribution in [1.29, 1.82) is 0 Å². The van der Waals surface area contributed by atoms with Gasteiger partial charge in [-0.2, -0.15) is 8.42 Å². The molecule has 0 atom stereocenters. The van der Waals surface area contributed by atoms with Gasteiger partial charge >= 0.3 is 21.0 Å². The Hall–Kier alpha value is -2.27. The average Bonchev–Trinajstić information content (AvgIpc) is 2.45. The van der Waals surface area contributed by atoms with Crippen molar-refractivity contribution in [3.8, 4) is 0 Å². The number of nitrogens with zero attached hydrogens (tertiary/aromatic N) is 2. The zero-order chi connectivity index (χ0) is 18.0. The number of hydrogen-bond acceptors (Lipinski definition) is 5. The van der Waals surface area contributed by atoms with Crippen LogP contribution in [0.15, 0.2) is 57.3 Å². The maximum atomic E-state index is 12.3. The first kappa shape index (κ1) is 18.1. The van der Waals surface area contributed by atoms with Crippen molar-refractivity contribution in [3.05, 3.63) is 59.7 Å². The van der Waals surface area contributed by atoms with Crippen LogP contribution in [0.3, 0.4) is 0 Å². The lowest BCUT2D eigenvalue weighted by atomic mass is 10.0. The Morgan fingerprint density at radius 2 is 0.958 bits per heavy atom. The third-order valence-electron chi connectivity index (χ3n) is 2.68. The molecule has 24 heavy (non-hydrogen) atoms. The second-order valence-electron chi connectivity index (χ2n) is 4.40. The van der Waals surface area contributed by atoms with Gasteiger partial charge in [0.1, 0.15) is 0 Å². The van der Waals surface area contributed by atoms with Crippen LogP contribution in [0.4, 0.5) is 26.9 Å². The minimum Gasteiger partial charge on any atom is -0.289 e. The molecule has 128 valence electrons. The highest BCUT2D eigenvalue weighted by Crippen LogP contribution is 2.21. The number of carbonyl (C=O) groups excluding carboxylic acids is 1. The molecule has 0 saturated carbocycles. The van der Waals surface area contributed by atoms with E-state index in [1.54, 1.807) is 0 Å². The third-order valence-corrected chi connectivity index (χ3v) is 3.53. The summed E-state index contributed by atoms with van der Waals surface area (Å²) in [5.74, 6) is -0.504. The van der Waals surface area contributed by atoms with Crippen molar-refractivity contribution in [3.63, 3.8) is 0 Å². The molecule has 2 aromatic carbocycles. The fourth-order valence-corrected chi connectivity index (χ4v) is 2.49. The van der Waals surface area contributed by atoms with E-state index in [1.165, 1.54) is 24.3 Å². The third kappa shape index (κ3) is 5.42. The summed E-state index contributed by atoms with van der Waals surface area (Å²) in [5.41, 5.74) is -0.252. The van der Waals surface area contributed by atoms with Gasteiger partial charge in [0.15, 0.2) is 5.78 Å². The highest BCUT2D eigenvalue weighted by atomic mass is 32.3. The molecule has 0 aromatic heterocycles. The van der Waals surface area contributed by atoms with E-state index in [1.807, 2.05) is 0 Å². The molecule has 11 heteroatoms. The summed E-state index contributed by atoms with van der Waals surface area (Å²) >= 11 is 0. The number of carbonyl (C=O) groups is 1. The zero-order valence-corrected chi connectivity index (χ0v) is 13.2. The van der Waals surface area contributed by atoms with Gasteiger partial charge in [-0.3, -0.25) is 4.79 Å².